The van der Waals surface area contributed by atoms with Gasteiger partial charge in [-0.05, 0) is 12.8 Å². The average Bonchev–Trinajstić information content (AvgIpc) is 1.94. The van der Waals surface area contributed by atoms with Crippen LogP contribution in [0.3, 0.4) is 0 Å². The van der Waals surface area contributed by atoms with Crippen LogP contribution in [0.15, 0.2) is 4.99 Å². The fraction of sp³-hybridized carbons (Fsp3) is 0.750. The number of carboxylic acid groups (broad SMARTS) is 1. The molecule has 1 aliphatic heterocycles. The second-order valence-corrected chi connectivity index (χ2v) is 2.87. The Morgan fingerprint density at radius 3 is 2.50 bits per heavy atom. The van der Waals surface area contributed by atoms with Gasteiger partial charge in [0.25, 0.3) is 5.97 Å². The van der Waals surface area contributed by atoms with E-state index in [9.17, 15) is 0 Å². The Morgan fingerprint density at radius 1 is 1.75 bits per heavy atom. The number of nitrogens with zero attached hydrogens (tertiary/aromatic N) is 1. The molecule has 0 aromatic heterocycles. The number of nitrogens with two attached hydrogens (primary N) is 1. The predicted octanol–water partition coefficient (Wildman–Crippen LogP) is 0.864. The lowest BCUT2D eigenvalue weighted by Gasteiger charge is -2.14. The molecule has 0 fully saturated rings. The summed E-state index contributed by atoms with van der Waals surface area (Å²) in [6.07, 6.45) is 2.43. The van der Waals surface area contributed by atoms with Crippen molar-refractivity contribution in [2.75, 3.05) is 6.54 Å². The zero-order chi connectivity index (χ0) is 9.56. The van der Waals surface area contributed by atoms with Gasteiger partial charge in [-0.2, -0.15) is 0 Å². The summed E-state index contributed by atoms with van der Waals surface area (Å²) in [7, 11) is 0. The van der Waals surface area contributed by atoms with Gasteiger partial charge in [0.2, 0.25) is 0 Å². The van der Waals surface area contributed by atoms with E-state index in [1.165, 1.54) is 12.8 Å². The van der Waals surface area contributed by atoms with E-state index in [1.54, 1.807) is 0 Å². The summed E-state index contributed by atoms with van der Waals surface area (Å²) >= 11 is 0. The van der Waals surface area contributed by atoms with Gasteiger partial charge in [0, 0.05) is 19.4 Å². The molecule has 0 radical (unpaired) electrons. The molecule has 0 aromatic carbocycles. The average molecular weight is 172 g/mol. The fourth-order valence-electron chi connectivity index (χ4n) is 0.909. The second-order valence-electron chi connectivity index (χ2n) is 2.87. The van der Waals surface area contributed by atoms with E-state index in [0.29, 0.717) is 5.92 Å². The smallest absolute Gasteiger partial charge is 0.300 e. The van der Waals surface area contributed by atoms with Gasteiger partial charge in [-0.3, -0.25) is 9.79 Å². The van der Waals surface area contributed by atoms with Gasteiger partial charge in [0.1, 0.15) is 0 Å². The van der Waals surface area contributed by atoms with Gasteiger partial charge in [0.05, 0.1) is 5.84 Å². The normalized spacial score (nSPS) is 21.8. The number of aliphatic carboxylic acids is 1. The zero-order valence-electron chi connectivity index (χ0n) is 7.58. The number of aliphatic imine (C=N–C) groups is 1. The largest absolute Gasteiger partial charge is 0.481 e. The van der Waals surface area contributed by atoms with E-state index < -0.39 is 5.97 Å². The molecule has 1 heterocycles. The highest BCUT2D eigenvalue weighted by Crippen LogP contribution is 2.10. The van der Waals surface area contributed by atoms with Crippen molar-refractivity contribution in [1.29, 1.82) is 0 Å². The summed E-state index contributed by atoms with van der Waals surface area (Å²) in [6, 6.07) is 0. The Hall–Kier alpha value is -1.06. The van der Waals surface area contributed by atoms with Crippen molar-refractivity contribution < 1.29 is 9.90 Å². The summed E-state index contributed by atoms with van der Waals surface area (Å²) in [4.78, 5) is 13.1. The van der Waals surface area contributed by atoms with Crippen LogP contribution >= 0.6 is 0 Å². The van der Waals surface area contributed by atoms with Crippen LogP contribution in [0.1, 0.15) is 26.7 Å². The molecule has 0 aromatic rings. The highest BCUT2D eigenvalue weighted by molar-refractivity contribution is 5.82. The lowest BCUT2D eigenvalue weighted by atomic mass is 10.0. The molecule has 0 amide bonds. The van der Waals surface area contributed by atoms with Crippen molar-refractivity contribution in [1.82, 2.24) is 0 Å². The van der Waals surface area contributed by atoms with Crippen LogP contribution in [0.2, 0.25) is 0 Å². The number of hydrogen-bond acceptors (Lipinski definition) is 3. The predicted molar refractivity (Wildman–Crippen MR) is 48.2 cm³/mol. The summed E-state index contributed by atoms with van der Waals surface area (Å²) < 4.78 is 0. The van der Waals surface area contributed by atoms with Gasteiger partial charge < -0.3 is 10.8 Å². The maximum Gasteiger partial charge on any atom is 0.300 e. The molecule has 4 nitrogen and oxygen atoms in total. The lowest BCUT2D eigenvalue weighted by Crippen LogP contribution is -2.24. The van der Waals surface area contributed by atoms with E-state index in [1.807, 2.05) is 0 Å². The Labute approximate surface area is 72.5 Å². The van der Waals surface area contributed by atoms with Gasteiger partial charge in [-0.15, -0.1) is 0 Å². The molecule has 1 unspecified atom stereocenters. The molecule has 1 rings (SSSR count). The van der Waals surface area contributed by atoms with Crippen LogP contribution in [0.4, 0.5) is 0 Å². The third-order valence-corrected chi connectivity index (χ3v) is 1.59. The van der Waals surface area contributed by atoms with Gasteiger partial charge >= 0.3 is 0 Å². The van der Waals surface area contributed by atoms with Gasteiger partial charge in [-0.25, -0.2) is 0 Å². The highest BCUT2D eigenvalue weighted by Gasteiger charge is 2.09. The molecule has 3 N–H and O–H groups in total. The number of carbonyl (C=O) groups is 1. The maximum absolute atomic E-state index is 9.00. The van der Waals surface area contributed by atoms with Crippen LogP contribution in [0.25, 0.3) is 0 Å². The summed E-state index contributed by atoms with van der Waals surface area (Å²) in [5.74, 6) is 0.542. The second kappa shape index (κ2) is 5.57. The SMILES string of the molecule is CC(=O)O.CC1CCCN=C1N. The van der Waals surface area contributed by atoms with E-state index in [0.717, 1.165) is 19.3 Å². The first-order chi connectivity index (χ1) is 5.54. The van der Waals surface area contributed by atoms with E-state index in [4.69, 9.17) is 15.6 Å². The molecular weight excluding hydrogens is 156 g/mol. The van der Waals surface area contributed by atoms with Crippen molar-refractivity contribution in [3.05, 3.63) is 0 Å². The van der Waals surface area contributed by atoms with Crippen molar-refractivity contribution >= 4 is 11.8 Å². The van der Waals surface area contributed by atoms with Crippen molar-refractivity contribution in [2.24, 2.45) is 16.6 Å². The summed E-state index contributed by atoms with van der Waals surface area (Å²) in [5.41, 5.74) is 5.53. The third-order valence-electron chi connectivity index (χ3n) is 1.59. The van der Waals surface area contributed by atoms with Gasteiger partial charge in [-0.1, -0.05) is 6.92 Å². The molecule has 0 saturated carbocycles. The van der Waals surface area contributed by atoms with Gasteiger partial charge in [0.15, 0.2) is 0 Å². The zero-order valence-corrected chi connectivity index (χ0v) is 7.58. The third kappa shape index (κ3) is 5.70. The molecule has 0 aliphatic carbocycles. The first-order valence-electron chi connectivity index (χ1n) is 4.03. The first kappa shape index (κ1) is 10.9. The molecule has 70 valence electrons. The van der Waals surface area contributed by atoms with E-state index in [-0.39, 0.29) is 0 Å². The van der Waals surface area contributed by atoms with E-state index >= 15 is 0 Å². The quantitative estimate of drug-likeness (QED) is 0.569. The van der Waals surface area contributed by atoms with Crippen LogP contribution in [0, 0.1) is 5.92 Å². The molecule has 0 bridgehead atoms. The van der Waals surface area contributed by atoms with Crippen LogP contribution in [0.5, 0.6) is 0 Å². The monoisotopic (exact) mass is 172 g/mol. The van der Waals surface area contributed by atoms with Crippen molar-refractivity contribution in [3.63, 3.8) is 0 Å². The minimum atomic E-state index is -0.833. The highest BCUT2D eigenvalue weighted by atomic mass is 16.4. The number of rotatable bonds is 0. The Morgan fingerprint density at radius 2 is 2.25 bits per heavy atom. The molecule has 0 saturated heterocycles. The lowest BCUT2D eigenvalue weighted by molar-refractivity contribution is -0.134. The minimum Gasteiger partial charge on any atom is -0.481 e. The maximum atomic E-state index is 9.00. The molecule has 0 spiro atoms. The summed E-state index contributed by atoms with van der Waals surface area (Å²) in [5, 5.41) is 7.42. The Bertz CT molecular complexity index is 174. The van der Waals surface area contributed by atoms with Crippen LogP contribution < -0.4 is 5.73 Å². The Kier molecular flexibility index (Phi) is 5.08. The topological polar surface area (TPSA) is 75.7 Å². The fourth-order valence-corrected chi connectivity index (χ4v) is 0.909. The first-order valence-corrected chi connectivity index (χ1v) is 4.03. The minimum absolute atomic E-state index is 0.531. The van der Waals surface area contributed by atoms with Crippen molar-refractivity contribution in [2.45, 2.75) is 26.7 Å². The number of hydrogen-bond donors (Lipinski definition) is 2. The molecule has 1 atom stereocenters. The van der Waals surface area contributed by atoms with Crippen LogP contribution in [-0.4, -0.2) is 23.5 Å². The summed E-state index contributed by atoms with van der Waals surface area (Å²) in [6.45, 7) is 4.15. The van der Waals surface area contributed by atoms with Crippen LogP contribution in [-0.2, 0) is 4.79 Å². The number of carboxylic acids is 1. The molecule has 12 heavy (non-hydrogen) atoms. The standard InChI is InChI=1S/C6H12N2.C2H4O2/c1-5-3-2-4-8-6(5)7;1-2(3)4/h5H,2-4H2,1H3,(H2,7,8);1H3,(H,3,4). The van der Waals surface area contributed by atoms with Crippen molar-refractivity contribution in [3.8, 4) is 0 Å². The molecule has 1 aliphatic rings. The molecular formula is C8H16N2O2. The Balaban J connectivity index is 0.000000261. The number of amidine groups is 1. The van der Waals surface area contributed by atoms with E-state index in [2.05, 4.69) is 11.9 Å². The molecule has 4 heteroatoms.